The zero-order valence-corrected chi connectivity index (χ0v) is 19.3. The number of benzene rings is 1. The first kappa shape index (κ1) is 22.7. The number of hydrazone groups is 1. The number of nitrogens with zero attached hydrogens (tertiary/aromatic N) is 5. The number of nitro benzene ring substituents is 1. The number of carbonyl (C=O) groups excluding carboxylic acids is 2. The van der Waals surface area contributed by atoms with Gasteiger partial charge in [-0.1, -0.05) is 0 Å². The third-order valence-corrected chi connectivity index (χ3v) is 6.69. The largest absolute Gasteiger partial charge is 0.457 e. The van der Waals surface area contributed by atoms with Gasteiger partial charge in [0, 0.05) is 30.8 Å². The van der Waals surface area contributed by atoms with Gasteiger partial charge >= 0.3 is 0 Å². The highest BCUT2D eigenvalue weighted by Crippen LogP contribution is 2.31. The summed E-state index contributed by atoms with van der Waals surface area (Å²) in [5.74, 6) is 0.0156. The predicted molar refractivity (Wildman–Crippen MR) is 131 cm³/mol. The summed E-state index contributed by atoms with van der Waals surface area (Å²) in [5, 5.41) is 25.7. The Morgan fingerprint density at radius 1 is 1.17 bits per heavy atom. The number of nitro groups is 1. The van der Waals surface area contributed by atoms with Crippen molar-refractivity contribution in [2.24, 2.45) is 10.1 Å². The fourth-order valence-corrected chi connectivity index (χ4v) is 4.84. The number of carbonyl (C=O) groups is 2. The molecule has 3 aliphatic rings. The number of fused-ring (bicyclic) bond motifs is 1. The molecule has 12 heteroatoms. The van der Waals surface area contributed by atoms with Crippen molar-refractivity contribution in [3.63, 3.8) is 0 Å². The molecule has 5 rings (SSSR count). The van der Waals surface area contributed by atoms with Crippen LogP contribution in [0.4, 0.5) is 5.69 Å². The van der Waals surface area contributed by atoms with Gasteiger partial charge in [0.05, 0.1) is 16.9 Å². The SMILES string of the molecule is N=C1C(=Cc2ccc(-c3ccc([N+](=O)[O-])cc3)o2)C(=O)N=C2SC(CC(=O)N3CCCCC3)=NN12. The number of amides is 2. The summed E-state index contributed by atoms with van der Waals surface area (Å²) < 4.78 is 5.77. The summed E-state index contributed by atoms with van der Waals surface area (Å²) in [4.78, 5) is 41.4. The van der Waals surface area contributed by atoms with Crippen LogP contribution in [0.25, 0.3) is 17.4 Å². The average Bonchev–Trinajstić information content (AvgIpc) is 3.49. The molecule has 11 nitrogen and oxygen atoms in total. The number of thioether (sulfide) groups is 1. The maximum absolute atomic E-state index is 12.6. The highest BCUT2D eigenvalue weighted by atomic mass is 32.2. The molecule has 4 heterocycles. The standard InChI is InChI=1S/C23H20N6O5S/c24-21-17(12-16-8-9-18(34-16)14-4-6-15(7-5-14)29(32)33)22(31)25-23-28(21)26-19(35-23)13-20(30)27-10-2-1-3-11-27/h4-9,12,24H,1-3,10-11,13H2. The summed E-state index contributed by atoms with van der Waals surface area (Å²) >= 11 is 1.13. The van der Waals surface area contributed by atoms with E-state index in [1.165, 1.54) is 23.2 Å². The summed E-state index contributed by atoms with van der Waals surface area (Å²) in [5.41, 5.74) is 0.610. The number of furan rings is 1. The van der Waals surface area contributed by atoms with E-state index in [1.54, 1.807) is 24.3 Å². The lowest BCUT2D eigenvalue weighted by molar-refractivity contribution is -0.384. The Bertz CT molecular complexity index is 1320. The zero-order chi connectivity index (χ0) is 24.5. The second kappa shape index (κ2) is 9.29. The monoisotopic (exact) mass is 492 g/mol. The smallest absolute Gasteiger partial charge is 0.283 e. The molecule has 1 aromatic heterocycles. The Hall–Kier alpha value is -4.06. The van der Waals surface area contributed by atoms with Gasteiger partial charge in [-0.2, -0.15) is 15.1 Å². The lowest BCUT2D eigenvalue weighted by atomic mass is 10.1. The number of hydrogen-bond acceptors (Lipinski definition) is 8. The second-order valence-electron chi connectivity index (χ2n) is 8.14. The first-order valence-electron chi connectivity index (χ1n) is 11.0. The van der Waals surface area contributed by atoms with Gasteiger partial charge in [0.2, 0.25) is 11.1 Å². The van der Waals surface area contributed by atoms with E-state index in [0.29, 0.717) is 22.1 Å². The van der Waals surface area contributed by atoms with Crippen molar-refractivity contribution in [2.75, 3.05) is 13.1 Å². The number of amidine groups is 2. The van der Waals surface area contributed by atoms with E-state index in [-0.39, 0.29) is 34.6 Å². The molecule has 0 bridgehead atoms. The van der Waals surface area contributed by atoms with Crippen LogP contribution in [-0.2, 0) is 9.59 Å². The van der Waals surface area contributed by atoms with Crippen molar-refractivity contribution in [2.45, 2.75) is 25.7 Å². The lowest BCUT2D eigenvalue weighted by Gasteiger charge is -2.26. The van der Waals surface area contributed by atoms with Crippen LogP contribution in [0.5, 0.6) is 0 Å². The van der Waals surface area contributed by atoms with Gasteiger partial charge in [0.1, 0.15) is 16.6 Å². The van der Waals surface area contributed by atoms with Crippen LogP contribution in [-0.4, -0.2) is 55.8 Å². The van der Waals surface area contributed by atoms with Gasteiger partial charge in [-0.15, -0.1) is 0 Å². The van der Waals surface area contributed by atoms with E-state index in [2.05, 4.69) is 10.1 Å². The average molecular weight is 493 g/mol. The molecule has 0 radical (unpaired) electrons. The van der Waals surface area contributed by atoms with E-state index in [1.807, 2.05) is 4.90 Å². The Kier molecular flexibility index (Phi) is 6.03. The Balaban J connectivity index is 1.32. The lowest BCUT2D eigenvalue weighted by Crippen LogP contribution is -2.36. The third kappa shape index (κ3) is 4.64. The predicted octanol–water partition coefficient (Wildman–Crippen LogP) is 3.88. The molecule has 1 saturated heterocycles. The molecule has 2 aromatic rings. The minimum absolute atomic E-state index is 0.00584. The Morgan fingerprint density at radius 3 is 2.63 bits per heavy atom. The number of piperidine rings is 1. The van der Waals surface area contributed by atoms with E-state index in [4.69, 9.17) is 9.83 Å². The third-order valence-electron chi connectivity index (χ3n) is 5.78. The summed E-state index contributed by atoms with van der Waals surface area (Å²) in [7, 11) is 0. The molecule has 1 fully saturated rings. The quantitative estimate of drug-likeness (QED) is 0.379. The Labute approximate surface area is 203 Å². The van der Waals surface area contributed by atoms with Crippen molar-refractivity contribution in [3.05, 3.63) is 57.8 Å². The van der Waals surface area contributed by atoms with Crippen LogP contribution in [0.3, 0.4) is 0 Å². The molecule has 178 valence electrons. The van der Waals surface area contributed by atoms with Gasteiger partial charge in [-0.25, -0.2) is 0 Å². The summed E-state index contributed by atoms with van der Waals surface area (Å²) in [6.45, 7) is 1.49. The van der Waals surface area contributed by atoms with Crippen LogP contribution in [0.15, 0.2) is 56.5 Å². The van der Waals surface area contributed by atoms with Crippen LogP contribution in [0.2, 0.25) is 0 Å². The van der Waals surface area contributed by atoms with Gasteiger partial charge < -0.3 is 9.32 Å². The van der Waals surface area contributed by atoms with E-state index in [0.717, 1.165) is 44.1 Å². The molecular weight excluding hydrogens is 472 g/mol. The molecule has 35 heavy (non-hydrogen) atoms. The molecule has 3 aliphatic heterocycles. The van der Waals surface area contributed by atoms with Crippen molar-refractivity contribution in [3.8, 4) is 11.3 Å². The molecule has 1 N–H and O–H groups in total. The highest BCUT2D eigenvalue weighted by molar-refractivity contribution is 8.27. The summed E-state index contributed by atoms with van der Waals surface area (Å²) in [6.07, 6.45) is 4.64. The van der Waals surface area contributed by atoms with Gasteiger partial charge in [0.25, 0.3) is 11.6 Å². The molecule has 2 amide bonds. The van der Waals surface area contributed by atoms with Gasteiger partial charge in [0.15, 0.2) is 5.84 Å². The number of nitrogens with one attached hydrogen (secondary N) is 1. The molecule has 0 aliphatic carbocycles. The molecule has 1 aromatic carbocycles. The second-order valence-corrected chi connectivity index (χ2v) is 9.18. The van der Waals surface area contributed by atoms with Crippen LogP contribution >= 0.6 is 11.8 Å². The van der Waals surface area contributed by atoms with Crippen molar-refractivity contribution in [1.82, 2.24) is 9.91 Å². The number of likely N-dealkylation sites (tertiary alicyclic amines) is 1. The molecule has 0 saturated carbocycles. The van der Waals surface area contributed by atoms with E-state index >= 15 is 0 Å². The van der Waals surface area contributed by atoms with Gasteiger partial charge in [-0.05, 0) is 61.4 Å². The van der Waals surface area contributed by atoms with Gasteiger partial charge in [-0.3, -0.25) is 25.1 Å². The Morgan fingerprint density at radius 2 is 1.91 bits per heavy atom. The molecular formula is C23H20N6O5S. The zero-order valence-electron chi connectivity index (χ0n) is 18.5. The minimum Gasteiger partial charge on any atom is -0.457 e. The number of non-ortho nitro benzene ring substituents is 1. The van der Waals surface area contributed by atoms with Crippen molar-refractivity contribution in [1.29, 1.82) is 5.41 Å². The minimum atomic E-state index is -0.596. The molecule has 0 atom stereocenters. The van der Waals surface area contributed by atoms with E-state index < -0.39 is 10.8 Å². The highest BCUT2D eigenvalue weighted by Gasteiger charge is 2.36. The van der Waals surface area contributed by atoms with Crippen LogP contribution in [0, 0.1) is 15.5 Å². The number of aliphatic imine (C=N–C) groups is 1. The number of hydrogen-bond donors (Lipinski definition) is 1. The fourth-order valence-electron chi connectivity index (χ4n) is 3.96. The van der Waals surface area contributed by atoms with E-state index in [9.17, 15) is 19.7 Å². The van der Waals surface area contributed by atoms with Crippen molar-refractivity contribution >= 4 is 51.4 Å². The topological polar surface area (TPSA) is 145 Å². The molecule has 0 spiro atoms. The first-order chi connectivity index (χ1) is 16.9. The normalized spacial score (nSPS) is 19.0. The first-order valence-corrected chi connectivity index (χ1v) is 11.8. The van der Waals surface area contributed by atoms with Crippen LogP contribution < -0.4 is 0 Å². The maximum Gasteiger partial charge on any atom is 0.283 e. The molecule has 0 unspecified atom stereocenters. The summed E-state index contributed by atoms with van der Waals surface area (Å²) in [6, 6.07) is 9.20. The fraction of sp³-hybridized carbons (Fsp3) is 0.261. The van der Waals surface area contributed by atoms with Crippen LogP contribution in [0.1, 0.15) is 31.4 Å². The number of rotatable bonds is 5. The maximum atomic E-state index is 12.6. The van der Waals surface area contributed by atoms with Crippen molar-refractivity contribution < 1.29 is 18.9 Å².